The normalized spacial score (nSPS) is 12.8. The first-order valence-electron chi connectivity index (χ1n) is 7.63. The summed E-state index contributed by atoms with van der Waals surface area (Å²) in [5.74, 6) is 1.76. The van der Waals surface area contributed by atoms with E-state index < -0.39 is 0 Å². The van der Waals surface area contributed by atoms with Gasteiger partial charge in [-0.15, -0.1) is 0 Å². The fourth-order valence-corrected chi connectivity index (χ4v) is 2.26. The van der Waals surface area contributed by atoms with Gasteiger partial charge in [0.15, 0.2) is 11.5 Å². The summed E-state index contributed by atoms with van der Waals surface area (Å²) in [6, 6.07) is 5.98. The predicted octanol–water partition coefficient (Wildman–Crippen LogP) is 2.93. The van der Waals surface area contributed by atoms with Gasteiger partial charge in [-0.2, -0.15) is 0 Å². The maximum Gasteiger partial charge on any atom is 0.161 e. The molecule has 0 aliphatic rings. The van der Waals surface area contributed by atoms with Crippen LogP contribution in [0.2, 0.25) is 0 Å². The van der Waals surface area contributed by atoms with E-state index in [4.69, 9.17) is 9.47 Å². The molecule has 1 aromatic rings. The lowest BCUT2D eigenvalue weighted by molar-refractivity contribution is 0.0731. The van der Waals surface area contributed by atoms with E-state index in [2.05, 4.69) is 11.8 Å². The van der Waals surface area contributed by atoms with E-state index in [0.29, 0.717) is 6.54 Å². The molecule has 1 N–H and O–H groups in total. The molecule has 1 unspecified atom stereocenters. The molecule has 0 amide bonds. The molecule has 0 aliphatic carbocycles. The summed E-state index contributed by atoms with van der Waals surface area (Å²) in [7, 11) is 3.29. The maximum atomic E-state index is 10.1. The zero-order chi connectivity index (χ0) is 15.8. The summed E-state index contributed by atoms with van der Waals surface area (Å²) in [6.07, 6.45) is 0.773. The molecule has 0 spiro atoms. The Labute approximate surface area is 128 Å². The lowest BCUT2D eigenvalue weighted by Gasteiger charge is -2.26. The summed E-state index contributed by atoms with van der Waals surface area (Å²) in [4.78, 5) is 2.28. The maximum absolute atomic E-state index is 10.1. The third-order valence-electron chi connectivity index (χ3n) is 3.61. The van der Waals surface area contributed by atoms with Gasteiger partial charge in [0.1, 0.15) is 0 Å². The van der Waals surface area contributed by atoms with Crippen molar-refractivity contribution in [2.24, 2.45) is 5.92 Å². The minimum absolute atomic E-state index is 0.273. The number of ether oxygens (including phenoxy) is 2. The van der Waals surface area contributed by atoms with Crippen LogP contribution in [0, 0.1) is 5.92 Å². The van der Waals surface area contributed by atoms with Gasteiger partial charge >= 0.3 is 0 Å². The second kappa shape index (κ2) is 8.90. The fourth-order valence-electron chi connectivity index (χ4n) is 2.26. The van der Waals surface area contributed by atoms with Gasteiger partial charge in [-0.05, 0) is 36.6 Å². The number of nitrogens with zero attached hydrogens (tertiary/aromatic N) is 1. The van der Waals surface area contributed by atoms with E-state index in [9.17, 15) is 5.11 Å². The van der Waals surface area contributed by atoms with Gasteiger partial charge in [-0.1, -0.05) is 26.8 Å². The summed E-state index contributed by atoms with van der Waals surface area (Å²) in [5, 5.41) is 10.1. The van der Waals surface area contributed by atoms with E-state index in [0.717, 1.165) is 36.6 Å². The average Bonchev–Trinajstić information content (AvgIpc) is 2.47. The minimum atomic E-state index is -0.295. The Hall–Kier alpha value is -1.26. The van der Waals surface area contributed by atoms with Crippen LogP contribution in [0.5, 0.6) is 11.5 Å². The van der Waals surface area contributed by atoms with Crippen molar-refractivity contribution >= 4 is 0 Å². The Morgan fingerprint density at radius 1 is 1.14 bits per heavy atom. The van der Waals surface area contributed by atoms with Crippen molar-refractivity contribution in [2.45, 2.75) is 39.8 Å². The van der Waals surface area contributed by atoms with E-state index in [-0.39, 0.29) is 12.0 Å². The standard InChI is InChI=1S/C17H29NO3/c1-6-9-18(12-15(19)13(2)3)11-14-7-8-16(20-4)17(10-14)21-5/h7-8,10,13,15,19H,6,9,11-12H2,1-5H3. The third-order valence-corrected chi connectivity index (χ3v) is 3.61. The molecule has 0 saturated carbocycles. The highest BCUT2D eigenvalue weighted by Gasteiger charge is 2.15. The van der Waals surface area contributed by atoms with Crippen molar-refractivity contribution in [2.75, 3.05) is 27.3 Å². The molecule has 0 heterocycles. The summed E-state index contributed by atoms with van der Waals surface area (Å²) >= 11 is 0. The van der Waals surface area contributed by atoms with Crippen molar-refractivity contribution < 1.29 is 14.6 Å². The molecule has 0 radical (unpaired) electrons. The molecule has 0 aliphatic heterocycles. The van der Waals surface area contributed by atoms with E-state index in [1.54, 1.807) is 14.2 Å². The quantitative estimate of drug-likeness (QED) is 0.760. The third kappa shape index (κ3) is 5.56. The number of hydrogen-bond acceptors (Lipinski definition) is 4. The number of methoxy groups -OCH3 is 2. The van der Waals surface area contributed by atoms with Gasteiger partial charge in [-0.25, -0.2) is 0 Å². The highest BCUT2D eigenvalue weighted by Crippen LogP contribution is 2.28. The fraction of sp³-hybridized carbons (Fsp3) is 0.647. The van der Waals surface area contributed by atoms with Crippen molar-refractivity contribution in [3.8, 4) is 11.5 Å². The molecule has 0 aromatic heterocycles. The molecular formula is C17H29NO3. The first kappa shape index (κ1) is 17.8. The van der Waals surface area contributed by atoms with E-state index in [1.165, 1.54) is 0 Å². The first-order chi connectivity index (χ1) is 10.0. The van der Waals surface area contributed by atoms with Gasteiger partial charge < -0.3 is 14.6 Å². The average molecular weight is 295 g/mol. The smallest absolute Gasteiger partial charge is 0.161 e. The van der Waals surface area contributed by atoms with Crippen molar-refractivity contribution in [1.29, 1.82) is 0 Å². The number of aliphatic hydroxyl groups excluding tert-OH is 1. The molecule has 0 bridgehead atoms. The first-order valence-corrected chi connectivity index (χ1v) is 7.63. The van der Waals surface area contributed by atoms with Gasteiger partial charge in [0, 0.05) is 13.1 Å². The molecule has 0 saturated heterocycles. The van der Waals surface area contributed by atoms with Gasteiger partial charge in [-0.3, -0.25) is 4.90 Å². The Bertz CT molecular complexity index is 420. The van der Waals surface area contributed by atoms with E-state index >= 15 is 0 Å². The zero-order valence-electron chi connectivity index (χ0n) is 13.9. The molecule has 1 aromatic carbocycles. The molecule has 21 heavy (non-hydrogen) atoms. The number of hydrogen-bond donors (Lipinski definition) is 1. The van der Waals surface area contributed by atoms with E-state index in [1.807, 2.05) is 32.0 Å². The van der Waals surface area contributed by atoms with Gasteiger partial charge in [0.05, 0.1) is 20.3 Å². The van der Waals surface area contributed by atoms with Gasteiger partial charge in [0.2, 0.25) is 0 Å². The highest BCUT2D eigenvalue weighted by atomic mass is 16.5. The molecule has 0 fully saturated rings. The summed E-state index contributed by atoms with van der Waals surface area (Å²) < 4.78 is 10.6. The van der Waals surface area contributed by atoms with Crippen LogP contribution in [0.15, 0.2) is 18.2 Å². The van der Waals surface area contributed by atoms with Crippen LogP contribution >= 0.6 is 0 Å². The van der Waals surface area contributed by atoms with Crippen molar-refractivity contribution in [3.05, 3.63) is 23.8 Å². The monoisotopic (exact) mass is 295 g/mol. The number of rotatable bonds is 9. The van der Waals surface area contributed by atoms with Crippen molar-refractivity contribution in [3.63, 3.8) is 0 Å². The van der Waals surface area contributed by atoms with Crippen LogP contribution in [0.4, 0.5) is 0 Å². The van der Waals surface area contributed by atoms with Gasteiger partial charge in [0.25, 0.3) is 0 Å². The Morgan fingerprint density at radius 3 is 2.33 bits per heavy atom. The topological polar surface area (TPSA) is 41.9 Å². The van der Waals surface area contributed by atoms with Crippen LogP contribution in [-0.4, -0.2) is 43.4 Å². The number of benzene rings is 1. The van der Waals surface area contributed by atoms with Crippen molar-refractivity contribution in [1.82, 2.24) is 4.90 Å². The second-order valence-electron chi connectivity index (χ2n) is 5.74. The summed E-state index contributed by atoms with van der Waals surface area (Å²) in [6.45, 7) is 8.72. The molecular weight excluding hydrogens is 266 g/mol. The highest BCUT2D eigenvalue weighted by molar-refractivity contribution is 5.42. The Balaban J connectivity index is 2.78. The largest absolute Gasteiger partial charge is 0.493 e. The second-order valence-corrected chi connectivity index (χ2v) is 5.74. The number of aliphatic hydroxyl groups is 1. The van der Waals surface area contributed by atoms with Crippen LogP contribution in [0.1, 0.15) is 32.8 Å². The van der Waals surface area contributed by atoms with Crippen LogP contribution in [0.25, 0.3) is 0 Å². The molecule has 4 nitrogen and oxygen atoms in total. The van der Waals surface area contributed by atoms with Crippen LogP contribution in [0.3, 0.4) is 0 Å². The molecule has 1 atom stereocenters. The van der Waals surface area contributed by atoms with Crippen LogP contribution < -0.4 is 9.47 Å². The lowest BCUT2D eigenvalue weighted by atomic mass is 10.1. The molecule has 120 valence electrons. The van der Waals surface area contributed by atoms with Crippen LogP contribution in [-0.2, 0) is 6.54 Å². The Kier molecular flexibility index (Phi) is 7.54. The zero-order valence-corrected chi connectivity index (χ0v) is 13.9. The summed E-state index contributed by atoms with van der Waals surface area (Å²) in [5.41, 5.74) is 1.16. The predicted molar refractivity (Wildman–Crippen MR) is 86.0 cm³/mol. The lowest BCUT2D eigenvalue weighted by Crippen LogP contribution is -2.35. The molecule has 1 rings (SSSR count). The minimum Gasteiger partial charge on any atom is -0.493 e. The Morgan fingerprint density at radius 2 is 1.81 bits per heavy atom. The SMILES string of the molecule is CCCN(Cc1ccc(OC)c(OC)c1)CC(O)C(C)C. The molecule has 4 heteroatoms.